The van der Waals surface area contributed by atoms with Crippen molar-refractivity contribution in [3.8, 4) is 5.75 Å². The average Bonchev–Trinajstić information content (AvgIpc) is 2.25. The third-order valence-electron chi connectivity index (χ3n) is 2.85. The molecular weight excluding hydrogens is 254 g/mol. The van der Waals surface area contributed by atoms with Gasteiger partial charge < -0.3 is 10.5 Å². The Balaban J connectivity index is 1.98. The van der Waals surface area contributed by atoms with Crippen LogP contribution in [0.3, 0.4) is 0 Å². The highest BCUT2D eigenvalue weighted by atomic mass is 79.9. The van der Waals surface area contributed by atoms with E-state index in [9.17, 15) is 0 Å². The highest BCUT2D eigenvalue weighted by Gasteiger charge is 2.23. The molecule has 1 aromatic carbocycles. The minimum absolute atomic E-state index is 0.194. The molecule has 1 aliphatic carbocycles. The molecule has 1 aromatic rings. The van der Waals surface area contributed by atoms with Crippen molar-refractivity contribution in [1.82, 2.24) is 0 Å². The fourth-order valence-electron chi connectivity index (χ4n) is 1.96. The minimum Gasteiger partial charge on any atom is -0.489 e. The van der Waals surface area contributed by atoms with E-state index in [1.54, 1.807) is 0 Å². The molecule has 1 aliphatic rings. The Morgan fingerprint density at radius 1 is 1.13 bits per heavy atom. The van der Waals surface area contributed by atoms with E-state index in [0.29, 0.717) is 0 Å². The van der Waals surface area contributed by atoms with E-state index >= 15 is 0 Å². The molecule has 2 N–H and O–H groups in total. The zero-order valence-corrected chi connectivity index (χ0v) is 10.2. The van der Waals surface area contributed by atoms with Crippen molar-refractivity contribution in [3.05, 3.63) is 28.7 Å². The number of rotatable bonds is 2. The Labute approximate surface area is 98.9 Å². The van der Waals surface area contributed by atoms with E-state index in [-0.39, 0.29) is 12.1 Å². The maximum atomic E-state index is 6.02. The van der Waals surface area contributed by atoms with Crippen LogP contribution < -0.4 is 10.5 Å². The predicted molar refractivity (Wildman–Crippen MR) is 65.0 cm³/mol. The Bertz CT molecular complexity index is 312. The fourth-order valence-corrected chi connectivity index (χ4v) is 2.22. The number of benzene rings is 1. The molecule has 0 radical (unpaired) electrons. The van der Waals surface area contributed by atoms with Gasteiger partial charge in [0.25, 0.3) is 0 Å². The molecule has 0 saturated heterocycles. The zero-order valence-electron chi connectivity index (χ0n) is 8.66. The molecule has 2 unspecified atom stereocenters. The fraction of sp³-hybridized carbons (Fsp3) is 0.500. The number of hydrogen-bond acceptors (Lipinski definition) is 2. The first-order chi connectivity index (χ1) is 7.25. The number of nitrogens with two attached hydrogens (primary N) is 1. The number of halogens is 1. The van der Waals surface area contributed by atoms with E-state index in [1.165, 1.54) is 12.8 Å². The van der Waals surface area contributed by atoms with Crippen molar-refractivity contribution in [2.24, 2.45) is 5.73 Å². The number of ether oxygens (including phenoxy) is 1. The molecule has 1 fully saturated rings. The summed E-state index contributed by atoms with van der Waals surface area (Å²) in [7, 11) is 0. The molecule has 1 saturated carbocycles. The highest BCUT2D eigenvalue weighted by Crippen LogP contribution is 2.23. The first-order valence-electron chi connectivity index (χ1n) is 5.43. The van der Waals surface area contributed by atoms with Gasteiger partial charge in [-0.25, -0.2) is 0 Å². The van der Waals surface area contributed by atoms with Crippen LogP contribution in [0.1, 0.15) is 25.7 Å². The SMILES string of the molecule is NC1CCCCC1Oc1ccc(Br)cc1. The van der Waals surface area contributed by atoms with E-state index in [0.717, 1.165) is 23.1 Å². The van der Waals surface area contributed by atoms with Crippen molar-refractivity contribution in [1.29, 1.82) is 0 Å². The largest absolute Gasteiger partial charge is 0.489 e. The van der Waals surface area contributed by atoms with Gasteiger partial charge in [-0.2, -0.15) is 0 Å². The lowest BCUT2D eigenvalue weighted by molar-refractivity contribution is 0.132. The summed E-state index contributed by atoms with van der Waals surface area (Å²) in [6.45, 7) is 0. The Kier molecular flexibility index (Phi) is 3.65. The van der Waals surface area contributed by atoms with Crippen molar-refractivity contribution >= 4 is 15.9 Å². The second kappa shape index (κ2) is 4.99. The summed E-state index contributed by atoms with van der Waals surface area (Å²) in [6.07, 6.45) is 4.83. The van der Waals surface area contributed by atoms with E-state index in [4.69, 9.17) is 10.5 Å². The van der Waals surface area contributed by atoms with Crippen LogP contribution in [0.5, 0.6) is 5.75 Å². The molecular formula is C12H16BrNO. The van der Waals surface area contributed by atoms with Crippen LogP contribution in [0, 0.1) is 0 Å². The summed E-state index contributed by atoms with van der Waals surface area (Å²) in [6, 6.07) is 8.13. The second-order valence-corrected chi connectivity index (χ2v) is 4.97. The molecule has 2 atom stereocenters. The van der Waals surface area contributed by atoms with E-state index in [2.05, 4.69) is 15.9 Å². The van der Waals surface area contributed by atoms with Crippen LogP contribution in [-0.2, 0) is 0 Å². The zero-order chi connectivity index (χ0) is 10.7. The van der Waals surface area contributed by atoms with Gasteiger partial charge in [0.1, 0.15) is 11.9 Å². The molecule has 3 heteroatoms. The summed E-state index contributed by atoms with van der Waals surface area (Å²) < 4.78 is 6.95. The van der Waals surface area contributed by atoms with E-state index in [1.807, 2.05) is 24.3 Å². The average molecular weight is 270 g/mol. The first kappa shape index (κ1) is 11.0. The lowest BCUT2D eigenvalue weighted by atomic mass is 9.93. The normalized spacial score (nSPS) is 26.3. The second-order valence-electron chi connectivity index (χ2n) is 4.06. The van der Waals surface area contributed by atoms with Crippen LogP contribution >= 0.6 is 15.9 Å². The highest BCUT2D eigenvalue weighted by molar-refractivity contribution is 9.10. The van der Waals surface area contributed by atoms with Crippen LogP contribution in [0.25, 0.3) is 0 Å². The molecule has 0 bridgehead atoms. The molecule has 0 heterocycles. The topological polar surface area (TPSA) is 35.2 Å². The van der Waals surface area contributed by atoms with Crippen molar-refractivity contribution in [3.63, 3.8) is 0 Å². The third-order valence-corrected chi connectivity index (χ3v) is 3.38. The third kappa shape index (κ3) is 2.95. The van der Waals surface area contributed by atoms with Gasteiger partial charge in [0.2, 0.25) is 0 Å². The summed E-state index contributed by atoms with van der Waals surface area (Å²) in [5.41, 5.74) is 6.02. The maximum Gasteiger partial charge on any atom is 0.119 e. The smallest absolute Gasteiger partial charge is 0.119 e. The molecule has 0 spiro atoms. The van der Waals surface area contributed by atoms with Gasteiger partial charge in [-0.05, 0) is 43.5 Å². The Morgan fingerprint density at radius 3 is 2.47 bits per heavy atom. The molecule has 0 amide bonds. The van der Waals surface area contributed by atoms with Crippen molar-refractivity contribution in [2.75, 3.05) is 0 Å². The number of hydrogen-bond donors (Lipinski definition) is 1. The van der Waals surface area contributed by atoms with Crippen molar-refractivity contribution in [2.45, 2.75) is 37.8 Å². The van der Waals surface area contributed by atoms with Gasteiger partial charge in [0.15, 0.2) is 0 Å². The van der Waals surface area contributed by atoms with Gasteiger partial charge in [-0.1, -0.05) is 22.4 Å². The van der Waals surface area contributed by atoms with Gasteiger partial charge in [0.05, 0.1) is 0 Å². The molecule has 15 heavy (non-hydrogen) atoms. The first-order valence-corrected chi connectivity index (χ1v) is 6.23. The summed E-state index contributed by atoms with van der Waals surface area (Å²) >= 11 is 3.40. The molecule has 82 valence electrons. The van der Waals surface area contributed by atoms with Gasteiger partial charge >= 0.3 is 0 Å². The summed E-state index contributed by atoms with van der Waals surface area (Å²) in [4.78, 5) is 0. The van der Waals surface area contributed by atoms with Gasteiger partial charge in [-0.3, -0.25) is 0 Å². The maximum absolute atomic E-state index is 6.02. The minimum atomic E-state index is 0.194. The molecule has 0 aromatic heterocycles. The summed E-state index contributed by atoms with van der Waals surface area (Å²) in [5, 5.41) is 0. The molecule has 2 rings (SSSR count). The quantitative estimate of drug-likeness (QED) is 0.896. The molecule has 2 nitrogen and oxygen atoms in total. The van der Waals surface area contributed by atoms with Gasteiger partial charge in [-0.15, -0.1) is 0 Å². The lowest BCUT2D eigenvalue weighted by Crippen LogP contribution is -2.41. The van der Waals surface area contributed by atoms with Crippen LogP contribution in [-0.4, -0.2) is 12.1 Å². The van der Waals surface area contributed by atoms with Crippen LogP contribution in [0.2, 0.25) is 0 Å². The summed E-state index contributed by atoms with van der Waals surface area (Å²) in [5.74, 6) is 0.917. The Morgan fingerprint density at radius 2 is 1.80 bits per heavy atom. The van der Waals surface area contributed by atoms with Crippen LogP contribution in [0.15, 0.2) is 28.7 Å². The molecule has 0 aliphatic heterocycles. The standard InChI is InChI=1S/C12H16BrNO/c13-9-5-7-10(8-6-9)15-12-4-2-1-3-11(12)14/h5-8,11-12H,1-4,14H2. The Hall–Kier alpha value is -0.540. The van der Waals surface area contributed by atoms with Gasteiger partial charge in [0, 0.05) is 10.5 Å². The van der Waals surface area contributed by atoms with Crippen molar-refractivity contribution < 1.29 is 4.74 Å². The monoisotopic (exact) mass is 269 g/mol. The predicted octanol–water partition coefficient (Wildman–Crippen LogP) is 3.10. The van der Waals surface area contributed by atoms with E-state index < -0.39 is 0 Å². The van der Waals surface area contributed by atoms with Crippen LogP contribution in [0.4, 0.5) is 0 Å². The lowest BCUT2D eigenvalue weighted by Gasteiger charge is -2.29.